The lowest BCUT2D eigenvalue weighted by molar-refractivity contribution is -0.142. The Balaban J connectivity index is 2.54. The molecule has 0 saturated carbocycles. The zero-order valence-electron chi connectivity index (χ0n) is 11.4. The summed E-state index contributed by atoms with van der Waals surface area (Å²) in [4.78, 5) is 12.6. The molecule has 3 nitrogen and oxygen atoms in total. The normalized spacial score (nSPS) is 12.5. The third-order valence-corrected chi connectivity index (χ3v) is 3.90. The van der Waals surface area contributed by atoms with Crippen molar-refractivity contribution in [3.63, 3.8) is 0 Å². The van der Waals surface area contributed by atoms with Crippen LogP contribution in [0.1, 0.15) is 25.3 Å². The highest BCUT2D eigenvalue weighted by Crippen LogP contribution is 2.22. The number of carbonyl (C=O) groups excluding carboxylic acids is 1. The molecular formula is C14H21NO2S. The standard InChI is InChI=1S/C14H21NO2S/c1-10(2)11-5-7-12(8-6-11)18-9-13(15-3)14(16)17-4/h5-8,10,13,15H,9H2,1-4H3. The van der Waals surface area contributed by atoms with Gasteiger partial charge in [-0.25, -0.2) is 0 Å². The number of methoxy groups -OCH3 is 1. The summed E-state index contributed by atoms with van der Waals surface area (Å²) in [5.41, 5.74) is 1.33. The molecule has 0 aliphatic rings. The molecular weight excluding hydrogens is 246 g/mol. The number of ether oxygens (including phenoxy) is 1. The van der Waals surface area contributed by atoms with Crippen LogP contribution in [0.2, 0.25) is 0 Å². The van der Waals surface area contributed by atoms with Crippen molar-refractivity contribution >= 4 is 17.7 Å². The van der Waals surface area contributed by atoms with Gasteiger partial charge >= 0.3 is 5.97 Å². The van der Waals surface area contributed by atoms with Crippen LogP contribution in [-0.4, -0.2) is 31.9 Å². The van der Waals surface area contributed by atoms with Gasteiger partial charge in [-0.05, 0) is 30.7 Å². The maximum Gasteiger partial charge on any atom is 0.323 e. The first-order chi connectivity index (χ1) is 8.58. The number of esters is 1. The molecule has 18 heavy (non-hydrogen) atoms. The minimum atomic E-state index is -0.259. The van der Waals surface area contributed by atoms with Gasteiger partial charge in [0.05, 0.1) is 7.11 Å². The zero-order chi connectivity index (χ0) is 13.5. The molecule has 4 heteroatoms. The Bertz CT molecular complexity index is 376. The van der Waals surface area contributed by atoms with E-state index in [-0.39, 0.29) is 12.0 Å². The van der Waals surface area contributed by atoms with Crippen molar-refractivity contribution < 1.29 is 9.53 Å². The van der Waals surface area contributed by atoms with Crippen LogP contribution >= 0.6 is 11.8 Å². The summed E-state index contributed by atoms with van der Waals surface area (Å²) in [6.45, 7) is 4.35. The molecule has 0 bridgehead atoms. The average Bonchev–Trinajstić information content (AvgIpc) is 2.39. The number of likely N-dealkylation sites (N-methyl/N-ethyl adjacent to an activating group) is 1. The Hall–Kier alpha value is -1.00. The minimum absolute atomic E-state index is 0.219. The summed E-state index contributed by atoms with van der Waals surface area (Å²) in [6, 6.07) is 8.22. The number of benzene rings is 1. The van der Waals surface area contributed by atoms with Gasteiger partial charge in [-0.1, -0.05) is 26.0 Å². The summed E-state index contributed by atoms with van der Waals surface area (Å²) in [7, 11) is 3.18. The highest BCUT2D eigenvalue weighted by molar-refractivity contribution is 7.99. The minimum Gasteiger partial charge on any atom is -0.468 e. The van der Waals surface area contributed by atoms with E-state index in [0.29, 0.717) is 11.7 Å². The van der Waals surface area contributed by atoms with Crippen molar-refractivity contribution in [3.8, 4) is 0 Å². The Morgan fingerprint density at radius 2 is 1.94 bits per heavy atom. The summed E-state index contributed by atoms with van der Waals surface area (Å²) < 4.78 is 4.73. The zero-order valence-corrected chi connectivity index (χ0v) is 12.2. The molecule has 0 aliphatic heterocycles. The van der Waals surface area contributed by atoms with Gasteiger partial charge in [0.15, 0.2) is 0 Å². The molecule has 0 heterocycles. The monoisotopic (exact) mass is 267 g/mol. The number of rotatable bonds is 6. The van der Waals surface area contributed by atoms with Gasteiger partial charge < -0.3 is 10.1 Å². The summed E-state index contributed by atoms with van der Waals surface area (Å²) >= 11 is 1.65. The van der Waals surface area contributed by atoms with Gasteiger partial charge in [0.1, 0.15) is 6.04 Å². The molecule has 0 aromatic heterocycles. The predicted molar refractivity (Wildman–Crippen MR) is 76.1 cm³/mol. The number of hydrogen-bond acceptors (Lipinski definition) is 4. The quantitative estimate of drug-likeness (QED) is 0.635. The van der Waals surface area contributed by atoms with Crippen LogP contribution in [0.4, 0.5) is 0 Å². The second-order valence-electron chi connectivity index (χ2n) is 4.40. The topological polar surface area (TPSA) is 38.3 Å². The number of thioether (sulfide) groups is 1. The van der Waals surface area contributed by atoms with Gasteiger partial charge in [-0.15, -0.1) is 11.8 Å². The van der Waals surface area contributed by atoms with Gasteiger partial charge in [0.2, 0.25) is 0 Å². The lowest BCUT2D eigenvalue weighted by atomic mass is 10.0. The third kappa shape index (κ3) is 4.35. The number of nitrogens with one attached hydrogen (secondary N) is 1. The molecule has 0 fully saturated rings. The maximum atomic E-state index is 11.4. The number of hydrogen-bond donors (Lipinski definition) is 1. The molecule has 100 valence electrons. The molecule has 1 rings (SSSR count). The van der Waals surface area contributed by atoms with Crippen LogP contribution in [0, 0.1) is 0 Å². The van der Waals surface area contributed by atoms with E-state index in [4.69, 9.17) is 4.74 Å². The summed E-state index contributed by atoms with van der Waals surface area (Å²) in [6.07, 6.45) is 0. The third-order valence-electron chi connectivity index (χ3n) is 2.80. The predicted octanol–water partition coefficient (Wildman–Crippen LogP) is 2.66. The molecule has 0 radical (unpaired) electrons. The molecule has 1 atom stereocenters. The van der Waals surface area contributed by atoms with Gasteiger partial charge in [-0.2, -0.15) is 0 Å². The summed E-state index contributed by atoms with van der Waals surface area (Å²) in [5.74, 6) is 0.998. The van der Waals surface area contributed by atoms with E-state index < -0.39 is 0 Å². The largest absolute Gasteiger partial charge is 0.468 e. The first-order valence-electron chi connectivity index (χ1n) is 6.06. The molecule has 1 aromatic carbocycles. The molecule has 0 spiro atoms. The van der Waals surface area contributed by atoms with E-state index in [2.05, 4.69) is 43.4 Å². The van der Waals surface area contributed by atoms with Crippen molar-refractivity contribution in [3.05, 3.63) is 29.8 Å². The van der Waals surface area contributed by atoms with Crippen molar-refractivity contribution in [2.45, 2.75) is 30.7 Å². The van der Waals surface area contributed by atoms with Crippen molar-refractivity contribution in [2.24, 2.45) is 0 Å². The summed E-state index contributed by atoms with van der Waals surface area (Å²) in [5, 5.41) is 2.96. The molecule has 0 amide bonds. The SMILES string of the molecule is CNC(CSc1ccc(C(C)C)cc1)C(=O)OC. The van der Waals surface area contributed by atoms with Crippen molar-refractivity contribution in [2.75, 3.05) is 19.9 Å². The van der Waals surface area contributed by atoms with Gasteiger partial charge in [0.25, 0.3) is 0 Å². The smallest absolute Gasteiger partial charge is 0.323 e. The lowest BCUT2D eigenvalue weighted by Gasteiger charge is -2.13. The molecule has 1 N–H and O–H groups in total. The Kier molecular flexibility index (Phi) is 6.22. The van der Waals surface area contributed by atoms with E-state index in [0.717, 1.165) is 0 Å². The van der Waals surface area contributed by atoms with Crippen molar-refractivity contribution in [1.82, 2.24) is 5.32 Å². The fraction of sp³-hybridized carbons (Fsp3) is 0.500. The highest BCUT2D eigenvalue weighted by Gasteiger charge is 2.16. The molecule has 0 aliphatic carbocycles. The second-order valence-corrected chi connectivity index (χ2v) is 5.49. The Morgan fingerprint density at radius 1 is 1.33 bits per heavy atom. The van der Waals surface area contributed by atoms with E-state index in [1.54, 1.807) is 18.8 Å². The van der Waals surface area contributed by atoms with Crippen LogP contribution in [0.5, 0.6) is 0 Å². The number of carbonyl (C=O) groups is 1. The van der Waals surface area contributed by atoms with Gasteiger partial charge in [-0.3, -0.25) is 4.79 Å². The van der Waals surface area contributed by atoms with Gasteiger partial charge in [0, 0.05) is 10.6 Å². The Morgan fingerprint density at radius 3 is 2.39 bits per heavy atom. The fourth-order valence-electron chi connectivity index (χ4n) is 1.54. The van der Waals surface area contributed by atoms with E-state index in [1.165, 1.54) is 17.6 Å². The van der Waals surface area contributed by atoms with Crippen LogP contribution in [-0.2, 0) is 9.53 Å². The van der Waals surface area contributed by atoms with Crippen LogP contribution in [0.3, 0.4) is 0 Å². The van der Waals surface area contributed by atoms with Crippen LogP contribution in [0.25, 0.3) is 0 Å². The second kappa shape index (κ2) is 7.44. The van der Waals surface area contributed by atoms with Crippen LogP contribution in [0.15, 0.2) is 29.2 Å². The average molecular weight is 267 g/mol. The van der Waals surface area contributed by atoms with E-state index >= 15 is 0 Å². The van der Waals surface area contributed by atoms with E-state index in [9.17, 15) is 4.79 Å². The highest BCUT2D eigenvalue weighted by atomic mass is 32.2. The van der Waals surface area contributed by atoms with E-state index in [1.807, 2.05) is 0 Å². The molecule has 0 saturated heterocycles. The lowest BCUT2D eigenvalue weighted by Crippen LogP contribution is -2.37. The molecule has 1 unspecified atom stereocenters. The maximum absolute atomic E-state index is 11.4. The Labute approximate surface area is 113 Å². The molecule has 1 aromatic rings. The fourth-order valence-corrected chi connectivity index (χ4v) is 2.53. The first-order valence-corrected chi connectivity index (χ1v) is 7.05. The van der Waals surface area contributed by atoms with Crippen molar-refractivity contribution in [1.29, 1.82) is 0 Å². The van der Waals surface area contributed by atoms with Crippen LogP contribution < -0.4 is 5.32 Å². The first kappa shape index (κ1) is 15.1.